The highest BCUT2D eigenvalue weighted by molar-refractivity contribution is 6.17. The second-order valence-electron chi connectivity index (χ2n) is 8.52. The van der Waals surface area contributed by atoms with E-state index < -0.39 is 11.9 Å². The molecule has 0 fully saturated rings. The van der Waals surface area contributed by atoms with E-state index >= 15 is 0 Å². The summed E-state index contributed by atoms with van der Waals surface area (Å²) < 4.78 is 22.0. The molecule has 0 atom stereocenters. The van der Waals surface area contributed by atoms with E-state index in [1.54, 1.807) is 52.0 Å². The van der Waals surface area contributed by atoms with Gasteiger partial charge in [0, 0.05) is 12.0 Å². The molecule has 2 aromatic carbocycles. The Morgan fingerprint density at radius 1 is 0.914 bits per heavy atom. The summed E-state index contributed by atoms with van der Waals surface area (Å²) in [6, 6.07) is 16.8. The molecule has 0 saturated carbocycles. The van der Waals surface area contributed by atoms with Gasteiger partial charge in [0.15, 0.2) is 0 Å². The second kappa shape index (κ2) is 12.0. The Morgan fingerprint density at radius 3 is 2.09 bits per heavy atom. The molecule has 0 aliphatic heterocycles. The third-order valence-electron chi connectivity index (χ3n) is 4.84. The first-order valence-electron chi connectivity index (χ1n) is 11.6. The molecule has 0 N–H and O–H groups in total. The number of carbonyl (C=O) groups excluding carboxylic acids is 2. The summed E-state index contributed by atoms with van der Waals surface area (Å²) in [6.45, 7) is 9.19. The van der Waals surface area contributed by atoms with Crippen molar-refractivity contribution in [3.05, 3.63) is 77.2 Å². The lowest BCUT2D eigenvalue weighted by Gasteiger charge is -2.13. The number of aromatic nitrogens is 1. The van der Waals surface area contributed by atoms with Gasteiger partial charge in [0.05, 0.1) is 24.5 Å². The molecule has 0 bridgehead atoms. The van der Waals surface area contributed by atoms with Crippen LogP contribution < -0.4 is 4.74 Å². The molecule has 0 spiro atoms. The van der Waals surface area contributed by atoms with E-state index in [0.29, 0.717) is 30.2 Å². The fraction of sp³-hybridized carbons (Fsp3) is 0.321. The zero-order valence-electron chi connectivity index (χ0n) is 20.7. The lowest BCUT2D eigenvalue weighted by Crippen LogP contribution is -2.23. The van der Waals surface area contributed by atoms with Crippen LogP contribution in [0.4, 0.5) is 0 Å². The number of rotatable bonds is 10. The molecule has 0 unspecified atom stereocenters. The smallest absolute Gasteiger partial charge is 0.345 e. The topological polar surface area (TPSA) is 87.9 Å². The van der Waals surface area contributed by atoms with Gasteiger partial charge in [0.1, 0.15) is 17.1 Å². The molecule has 1 heterocycles. The molecule has 0 amide bonds. The summed E-state index contributed by atoms with van der Waals surface area (Å²) in [5.41, 5.74) is 2.27. The maximum Gasteiger partial charge on any atom is 0.345 e. The SMILES string of the molecule is Cc1oc(-c2ccccc2)nc1CCOc1ccc(C=C(C(=O)OC(C)C)C(=O)OC(C)C)cc1. The van der Waals surface area contributed by atoms with Gasteiger partial charge in [0.2, 0.25) is 5.89 Å². The third kappa shape index (κ3) is 7.57. The van der Waals surface area contributed by atoms with Crippen LogP contribution in [0.2, 0.25) is 0 Å². The molecule has 0 saturated heterocycles. The second-order valence-corrected chi connectivity index (χ2v) is 8.52. The van der Waals surface area contributed by atoms with E-state index in [1.807, 2.05) is 37.3 Å². The molecular formula is C28H31NO6. The van der Waals surface area contributed by atoms with E-state index in [2.05, 4.69) is 4.98 Å². The molecule has 0 aliphatic carbocycles. The van der Waals surface area contributed by atoms with Crippen molar-refractivity contribution >= 4 is 18.0 Å². The van der Waals surface area contributed by atoms with E-state index in [0.717, 1.165) is 17.0 Å². The summed E-state index contributed by atoms with van der Waals surface area (Å²) >= 11 is 0. The van der Waals surface area contributed by atoms with Crippen molar-refractivity contribution in [2.45, 2.75) is 53.2 Å². The number of esters is 2. The Kier molecular flexibility index (Phi) is 8.84. The first-order chi connectivity index (χ1) is 16.7. The Bertz CT molecular complexity index is 1140. The monoisotopic (exact) mass is 477 g/mol. The Labute approximate surface area is 205 Å². The van der Waals surface area contributed by atoms with Gasteiger partial charge in [-0.05, 0) is 70.5 Å². The van der Waals surface area contributed by atoms with Gasteiger partial charge in [0.25, 0.3) is 0 Å². The molecule has 7 heteroatoms. The molecule has 0 aliphatic rings. The molecule has 1 aromatic heterocycles. The quantitative estimate of drug-likeness (QED) is 0.163. The Hall–Kier alpha value is -3.87. The number of aryl methyl sites for hydroxylation is 1. The van der Waals surface area contributed by atoms with Crippen molar-refractivity contribution in [1.29, 1.82) is 0 Å². The van der Waals surface area contributed by atoms with Crippen molar-refractivity contribution < 1.29 is 28.2 Å². The van der Waals surface area contributed by atoms with E-state index in [-0.39, 0.29) is 17.8 Å². The fourth-order valence-electron chi connectivity index (χ4n) is 3.21. The van der Waals surface area contributed by atoms with E-state index in [9.17, 15) is 9.59 Å². The van der Waals surface area contributed by atoms with Crippen LogP contribution >= 0.6 is 0 Å². The number of nitrogens with zero attached hydrogens (tertiary/aromatic N) is 1. The van der Waals surface area contributed by atoms with Gasteiger partial charge < -0.3 is 18.6 Å². The van der Waals surface area contributed by atoms with E-state index in [4.69, 9.17) is 18.6 Å². The largest absolute Gasteiger partial charge is 0.493 e. The lowest BCUT2D eigenvalue weighted by molar-refractivity contribution is -0.150. The maximum absolute atomic E-state index is 12.4. The third-order valence-corrected chi connectivity index (χ3v) is 4.84. The molecule has 0 radical (unpaired) electrons. The van der Waals surface area contributed by atoms with Gasteiger partial charge in [-0.1, -0.05) is 30.3 Å². The molecule has 35 heavy (non-hydrogen) atoms. The predicted octanol–water partition coefficient (Wildman–Crippen LogP) is 5.56. The number of hydrogen-bond acceptors (Lipinski definition) is 7. The van der Waals surface area contributed by atoms with Crippen molar-refractivity contribution in [1.82, 2.24) is 4.98 Å². The van der Waals surface area contributed by atoms with Gasteiger partial charge in [-0.15, -0.1) is 0 Å². The maximum atomic E-state index is 12.4. The average Bonchev–Trinajstić information content (AvgIpc) is 3.18. The van der Waals surface area contributed by atoms with Crippen molar-refractivity contribution in [2.75, 3.05) is 6.61 Å². The number of benzene rings is 2. The first kappa shape index (κ1) is 25.7. The van der Waals surface area contributed by atoms with Gasteiger partial charge >= 0.3 is 11.9 Å². The van der Waals surface area contributed by atoms with Crippen LogP contribution in [0.25, 0.3) is 17.5 Å². The van der Waals surface area contributed by atoms with Crippen molar-refractivity contribution in [3.63, 3.8) is 0 Å². The highest BCUT2D eigenvalue weighted by atomic mass is 16.6. The minimum Gasteiger partial charge on any atom is -0.493 e. The number of ether oxygens (including phenoxy) is 3. The number of hydrogen-bond donors (Lipinski definition) is 0. The van der Waals surface area contributed by atoms with Crippen LogP contribution in [0.5, 0.6) is 5.75 Å². The Morgan fingerprint density at radius 2 is 1.51 bits per heavy atom. The predicted molar refractivity (Wildman–Crippen MR) is 133 cm³/mol. The van der Waals surface area contributed by atoms with Crippen LogP contribution in [-0.2, 0) is 25.5 Å². The first-order valence-corrected chi connectivity index (χ1v) is 11.6. The normalized spacial score (nSPS) is 10.8. The van der Waals surface area contributed by atoms with Crippen molar-refractivity contribution in [3.8, 4) is 17.2 Å². The summed E-state index contributed by atoms with van der Waals surface area (Å²) in [4.78, 5) is 29.4. The summed E-state index contributed by atoms with van der Waals surface area (Å²) in [5.74, 6) is 0.578. The van der Waals surface area contributed by atoms with Gasteiger partial charge in [-0.25, -0.2) is 14.6 Å². The van der Waals surface area contributed by atoms with Crippen LogP contribution in [0.1, 0.15) is 44.7 Å². The van der Waals surface area contributed by atoms with Gasteiger partial charge in [-0.2, -0.15) is 0 Å². The summed E-state index contributed by atoms with van der Waals surface area (Å²) in [7, 11) is 0. The molecule has 7 nitrogen and oxygen atoms in total. The van der Waals surface area contributed by atoms with Crippen molar-refractivity contribution in [2.24, 2.45) is 0 Å². The van der Waals surface area contributed by atoms with Crippen LogP contribution in [0, 0.1) is 6.92 Å². The fourth-order valence-corrected chi connectivity index (χ4v) is 3.21. The lowest BCUT2D eigenvalue weighted by atomic mass is 10.1. The number of carbonyl (C=O) groups is 2. The minimum absolute atomic E-state index is 0.156. The standard InChI is InChI=1S/C28H31NO6/c1-18(2)33-27(30)24(28(31)34-19(3)4)17-21-11-13-23(14-12-21)32-16-15-25-20(5)35-26(29-25)22-9-7-6-8-10-22/h6-14,17-19H,15-16H2,1-5H3. The molecular weight excluding hydrogens is 446 g/mol. The van der Waals surface area contributed by atoms with Crippen LogP contribution in [0.3, 0.4) is 0 Å². The molecule has 3 aromatic rings. The highest BCUT2D eigenvalue weighted by Crippen LogP contribution is 2.22. The molecule has 184 valence electrons. The minimum atomic E-state index is -0.719. The van der Waals surface area contributed by atoms with Crippen LogP contribution in [-0.4, -0.2) is 35.7 Å². The summed E-state index contributed by atoms with van der Waals surface area (Å²) in [6.07, 6.45) is 1.34. The Balaban J connectivity index is 1.63. The number of oxazole rings is 1. The zero-order chi connectivity index (χ0) is 25.4. The van der Waals surface area contributed by atoms with E-state index in [1.165, 1.54) is 6.08 Å². The van der Waals surface area contributed by atoms with Crippen LogP contribution in [0.15, 0.2) is 64.6 Å². The summed E-state index contributed by atoms with van der Waals surface area (Å²) in [5, 5.41) is 0. The highest BCUT2D eigenvalue weighted by Gasteiger charge is 2.23. The average molecular weight is 478 g/mol. The zero-order valence-corrected chi connectivity index (χ0v) is 20.7. The van der Waals surface area contributed by atoms with Gasteiger partial charge in [-0.3, -0.25) is 0 Å². The molecule has 3 rings (SSSR count).